The number of nitrogens with zero attached hydrogens (tertiary/aromatic N) is 2. The monoisotopic (exact) mass is 273 g/mol. The number of hydrogen-bond donors (Lipinski definition) is 1. The molecule has 1 aliphatic rings. The number of rotatable bonds is 4. The highest BCUT2D eigenvalue weighted by molar-refractivity contribution is 5.20. The topological polar surface area (TPSA) is 60.2 Å². The van der Waals surface area contributed by atoms with E-state index < -0.39 is 0 Å². The van der Waals surface area contributed by atoms with E-state index in [-0.39, 0.29) is 6.04 Å². The van der Waals surface area contributed by atoms with Gasteiger partial charge in [-0.3, -0.25) is 0 Å². The average molecular weight is 273 g/mol. The molecule has 0 aliphatic carbocycles. The van der Waals surface area contributed by atoms with E-state index in [1.807, 2.05) is 30.3 Å². The van der Waals surface area contributed by atoms with E-state index in [0.29, 0.717) is 12.5 Å². The number of benzene rings is 1. The Bertz CT molecular complexity index is 519. The normalized spacial score (nSPS) is 19.5. The van der Waals surface area contributed by atoms with Crippen molar-refractivity contribution in [2.24, 2.45) is 0 Å². The van der Waals surface area contributed by atoms with E-state index in [2.05, 4.69) is 15.5 Å². The van der Waals surface area contributed by atoms with Crippen LogP contribution in [0.4, 0.5) is 0 Å². The molecule has 1 aromatic carbocycles. The van der Waals surface area contributed by atoms with Crippen molar-refractivity contribution >= 4 is 0 Å². The van der Waals surface area contributed by atoms with Crippen molar-refractivity contribution in [3.63, 3.8) is 0 Å². The van der Waals surface area contributed by atoms with Crippen molar-refractivity contribution < 1.29 is 9.26 Å². The highest BCUT2D eigenvalue weighted by atomic mass is 16.5. The van der Waals surface area contributed by atoms with Crippen LogP contribution < -0.4 is 10.1 Å². The molecular formula is C15H19N3O2. The third-order valence-electron chi connectivity index (χ3n) is 3.46. The molecule has 1 atom stereocenters. The Balaban J connectivity index is 1.58. The summed E-state index contributed by atoms with van der Waals surface area (Å²) in [6.45, 7) is 1.33. The molecule has 106 valence electrons. The lowest BCUT2D eigenvalue weighted by molar-refractivity contribution is 0.242. The molecule has 1 saturated heterocycles. The van der Waals surface area contributed by atoms with Gasteiger partial charge in [-0.05, 0) is 31.5 Å². The van der Waals surface area contributed by atoms with Crippen LogP contribution in [0.3, 0.4) is 0 Å². The molecule has 5 heteroatoms. The van der Waals surface area contributed by atoms with Crippen molar-refractivity contribution in [1.29, 1.82) is 0 Å². The van der Waals surface area contributed by atoms with Gasteiger partial charge in [0, 0.05) is 0 Å². The maximum absolute atomic E-state index is 5.60. The van der Waals surface area contributed by atoms with E-state index in [1.54, 1.807) is 0 Å². The molecule has 0 unspecified atom stereocenters. The van der Waals surface area contributed by atoms with Gasteiger partial charge in [0.15, 0.2) is 12.4 Å². The summed E-state index contributed by atoms with van der Waals surface area (Å²) in [4.78, 5) is 4.43. The predicted molar refractivity (Wildman–Crippen MR) is 74.3 cm³/mol. The molecule has 2 heterocycles. The lowest BCUT2D eigenvalue weighted by Gasteiger charge is -2.09. The van der Waals surface area contributed by atoms with Crippen LogP contribution in [-0.4, -0.2) is 16.7 Å². The van der Waals surface area contributed by atoms with Gasteiger partial charge in [0.25, 0.3) is 5.89 Å². The molecule has 0 saturated carbocycles. The minimum atomic E-state index is 0.215. The molecule has 0 spiro atoms. The van der Waals surface area contributed by atoms with E-state index in [1.165, 1.54) is 19.3 Å². The van der Waals surface area contributed by atoms with Gasteiger partial charge in [0.2, 0.25) is 0 Å². The molecule has 0 radical (unpaired) electrons. The Kier molecular flexibility index (Phi) is 4.28. The molecule has 1 aromatic heterocycles. The zero-order valence-electron chi connectivity index (χ0n) is 11.4. The van der Waals surface area contributed by atoms with E-state index in [4.69, 9.17) is 9.26 Å². The van der Waals surface area contributed by atoms with Gasteiger partial charge in [0.1, 0.15) is 5.75 Å². The van der Waals surface area contributed by atoms with Crippen LogP contribution in [0.2, 0.25) is 0 Å². The first-order chi connectivity index (χ1) is 9.92. The van der Waals surface area contributed by atoms with Gasteiger partial charge in [-0.25, -0.2) is 0 Å². The van der Waals surface area contributed by atoms with E-state index in [0.717, 1.165) is 24.5 Å². The molecule has 1 aliphatic heterocycles. The van der Waals surface area contributed by atoms with Crippen molar-refractivity contribution in [3.8, 4) is 5.75 Å². The Morgan fingerprint density at radius 1 is 1.20 bits per heavy atom. The summed E-state index contributed by atoms with van der Waals surface area (Å²) in [5, 5.41) is 7.52. The molecule has 5 nitrogen and oxygen atoms in total. The number of hydrogen-bond acceptors (Lipinski definition) is 5. The van der Waals surface area contributed by atoms with E-state index >= 15 is 0 Å². The van der Waals surface area contributed by atoms with Crippen molar-refractivity contribution in [3.05, 3.63) is 42.0 Å². The Labute approximate surface area is 118 Å². The highest BCUT2D eigenvalue weighted by Gasteiger charge is 2.19. The summed E-state index contributed by atoms with van der Waals surface area (Å²) in [5.41, 5.74) is 0. The second kappa shape index (κ2) is 6.52. The number of nitrogens with one attached hydrogen (secondary N) is 1. The van der Waals surface area contributed by atoms with Crippen molar-refractivity contribution in [2.75, 3.05) is 6.54 Å². The smallest absolute Gasteiger partial charge is 0.264 e. The van der Waals surface area contributed by atoms with Crippen LogP contribution in [0.25, 0.3) is 0 Å². The number of ether oxygens (including phenoxy) is 1. The largest absolute Gasteiger partial charge is 0.484 e. The molecular weight excluding hydrogens is 254 g/mol. The quantitative estimate of drug-likeness (QED) is 0.928. The summed E-state index contributed by atoms with van der Waals surface area (Å²) < 4.78 is 10.9. The molecule has 2 aromatic rings. The standard InChI is InChI=1S/C15H19N3O2/c1-3-7-12(8-4-1)19-11-14-17-15(18-20-14)13-9-5-2-6-10-16-13/h1,3-4,7-8,13,16H,2,5-6,9-11H2/t13-/m0/s1. The zero-order chi connectivity index (χ0) is 13.6. The summed E-state index contributed by atoms with van der Waals surface area (Å²) in [5.74, 6) is 2.08. The molecule has 1 N–H and O–H groups in total. The average Bonchev–Trinajstić information content (AvgIpc) is 2.80. The van der Waals surface area contributed by atoms with Gasteiger partial charge >= 0.3 is 0 Å². The Hall–Kier alpha value is -1.88. The number of para-hydroxylation sites is 1. The molecule has 1 fully saturated rings. The van der Waals surface area contributed by atoms with Gasteiger partial charge in [-0.2, -0.15) is 4.98 Å². The summed E-state index contributed by atoms with van der Waals surface area (Å²) >= 11 is 0. The minimum absolute atomic E-state index is 0.215. The fourth-order valence-electron chi connectivity index (χ4n) is 2.38. The summed E-state index contributed by atoms with van der Waals surface area (Å²) in [6.07, 6.45) is 4.77. The lowest BCUT2D eigenvalue weighted by atomic mass is 10.1. The fourth-order valence-corrected chi connectivity index (χ4v) is 2.38. The van der Waals surface area contributed by atoms with Gasteiger partial charge in [-0.15, -0.1) is 0 Å². The Morgan fingerprint density at radius 2 is 2.10 bits per heavy atom. The van der Waals surface area contributed by atoms with Crippen LogP contribution in [-0.2, 0) is 6.61 Å². The Morgan fingerprint density at radius 3 is 3.00 bits per heavy atom. The predicted octanol–water partition coefficient (Wildman–Crippen LogP) is 2.85. The summed E-state index contributed by atoms with van der Waals surface area (Å²) in [7, 11) is 0. The van der Waals surface area contributed by atoms with Crippen LogP contribution in [0.1, 0.15) is 43.4 Å². The molecule has 20 heavy (non-hydrogen) atoms. The second-order valence-corrected chi connectivity index (χ2v) is 5.00. The molecule has 0 amide bonds. The van der Waals surface area contributed by atoms with Gasteiger partial charge < -0.3 is 14.6 Å². The van der Waals surface area contributed by atoms with Crippen LogP contribution in [0.5, 0.6) is 5.75 Å². The first-order valence-electron chi connectivity index (χ1n) is 7.15. The molecule has 0 bridgehead atoms. The maximum Gasteiger partial charge on any atom is 0.264 e. The SMILES string of the molecule is c1ccc(OCc2nc([C@@H]3CCCCCN3)no2)cc1. The third-order valence-corrected chi connectivity index (χ3v) is 3.46. The lowest BCUT2D eigenvalue weighted by Crippen LogP contribution is -2.21. The van der Waals surface area contributed by atoms with Crippen molar-refractivity contribution in [1.82, 2.24) is 15.5 Å². The second-order valence-electron chi connectivity index (χ2n) is 5.00. The van der Waals surface area contributed by atoms with E-state index in [9.17, 15) is 0 Å². The van der Waals surface area contributed by atoms with Crippen LogP contribution in [0.15, 0.2) is 34.9 Å². The maximum atomic E-state index is 5.60. The summed E-state index contributed by atoms with van der Waals surface area (Å²) in [6, 6.07) is 9.85. The van der Waals surface area contributed by atoms with Crippen LogP contribution in [0, 0.1) is 0 Å². The van der Waals surface area contributed by atoms with Gasteiger partial charge in [0.05, 0.1) is 6.04 Å². The highest BCUT2D eigenvalue weighted by Crippen LogP contribution is 2.20. The zero-order valence-corrected chi connectivity index (χ0v) is 11.4. The first kappa shape index (κ1) is 13.1. The van der Waals surface area contributed by atoms with Gasteiger partial charge in [-0.1, -0.05) is 36.2 Å². The number of aromatic nitrogens is 2. The molecule has 3 rings (SSSR count). The minimum Gasteiger partial charge on any atom is -0.484 e. The van der Waals surface area contributed by atoms with Crippen molar-refractivity contribution in [2.45, 2.75) is 38.3 Å². The van der Waals surface area contributed by atoms with Crippen LogP contribution >= 0.6 is 0 Å². The third kappa shape index (κ3) is 3.36. The first-order valence-corrected chi connectivity index (χ1v) is 7.15. The fraction of sp³-hybridized carbons (Fsp3) is 0.467.